The first-order valence-electron chi connectivity index (χ1n) is 11.8. The molecule has 1 aliphatic carbocycles. The SMILES string of the molecule is CC(N)c1cccc(-c2cc(COc3ccccc3CC(=O)O)cc(NC3CCCC3)c2)c1F. The van der Waals surface area contributed by atoms with Crippen molar-refractivity contribution in [2.24, 2.45) is 5.73 Å². The Morgan fingerprint density at radius 3 is 2.65 bits per heavy atom. The third-order valence-corrected chi connectivity index (χ3v) is 6.26. The first-order valence-corrected chi connectivity index (χ1v) is 11.8. The number of carboxylic acids is 1. The molecule has 4 rings (SSSR count). The number of carbonyl (C=O) groups is 1. The van der Waals surface area contributed by atoms with Gasteiger partial charge >= 0.3 is 5.97 Å². The maximum atomic E-state index is 15.3. The third kappa shape index (κ3) is 5.75. The van der Waals surface area contributed by atoms with Crippen LogP contribution in [0.4, 0.5) is 10.1 Å². The van der Waals surface area contributed by atoms with Gasteiger partial charge in [0, 0.05) is 34.5 Å². The number of para-hydroxylation sites is 1. The van der Waals surface area contributed by atoms with Gasteiger partial charge < -0.3 is 20.9 Å². The number of nitrogens with two attached hydrogens (primary N) is 1. The summed E-state index contributed by atoms with van der Waals surface area (Å²) in [5, 5.41) is 12.8. The summed E-state index contributed by atoms with van der Waals surface area (Å²) in [6, 6.07) is 18.4. The Morgan fingerprint density at radius 1 is 1.15 bits per heavy atom. The molecule has 6 heteroatoms. The highest BCUT2D eigenvalue weighted by Gasteiger charge is 2.18. The number of aliphatic carboxylic acids is 1. The number of anilines is 1. The number of carboxylic acid groups (broad SMARTS) is 1. The monoisotopic (exact) mass is 462 g/mol. The zero-order chi connectivity index (χ0) is 24.1. The van der Waals surface area contributed by atoms with E-state index in [4.69, 9.17) is 10.5 Å². The van der Waals surface area contributed by atoms with Crippen LogP contribution in [-0.4, -0.2) is 17.1 Å². The predicted molar refractivity (Wildman–Crippen MR) is 132 cm³/mol. The highest BCUT2D eigenvalue weighted by atomic mass is 19.1. The molecule has 3 aromatic carbocycles. The van der Waals surface area contributed by atoms with Crippen LogP contribution in [0.25, 0.3) is 11.1 Å². The van der Waals surface area contributed by atoms with Gasteiger partial charge in [0.05, 0.1) is 6.42 Å². The molecule has 0 bridgehead atoms. The lowest BCUT2D eigenvalue weighted by molar-refractivity contribution is -0.136. The first kappa shape index (κ1) is 23.8. The highest BCUT2D eigenvalue weighted by Crippen LogP contribution is 2.32. The van der Waals surface area contributed by atoms with Crippen molar-refractivity contribution in [3.63, 3.8) is 0 Å². The van der Waals surface area contributed by atoms with Gasteiger partial charge in [-0.15, -0.1) is 0 Å². The van der Waals surface area contributed by atoms with E-state index in [0.29, 0.717) is 28.5 Å². The van der Waals surface area contributed by atoms with E-state index in [9.17, 15) is 9.90 Å². The van der Waals surface area contributed by atoms with Crippen molar-refractivity contribution < 1.29 is 19.0 Å². The van der Waals surface area contributed by atoms with Crippen molar-refractivity contribution in [3.05, 3.63) is 83.2 Å². The minimum atomic E-state index is -0.911. The van der Waals surface area contributed by atoms with Gasteiger partial charge in [0.15, 0.2) is 0 Å². The molecule has 1 unspecified atom stereocenters. The van der Waals surface area contributed by atoms with Crippen LogP contribution in [0.5, 0.6) is 5.75 Å². The molecule has 3 aromatic rings. The Morgan fingerprint density at radius 2 is 1.91 bits per heavy atom. The topological polar surface area (TPSA) is 84.6 Å². The number of hydrogen-bond acceptors (Lipinski definition) is 4. The molecule has 0 saturated heterocycles. The van der Waals surface area contributed by atoms with Crippen molar-refractivity contribution in [3.8, 4) is 16.9 Å². The standard InChI is InChI=1S/C28H31FN2O3/c1-18(30)24-10-6-11-25(28(24)29)21-13-19(14-23(15-21)31-22-8-3-4-9-22)17-34-26-12-5-2-7-20(26)16-27(32)33/h2,5-7,10-15,18,22,31H,3-4,8-9,16-17,30H2,1H3,(H,32,33). The summed E-state index contributed by atoms with van der Waals surface area (Å²) < 4.78 is 21.3. The summed E-state index contributed by atoms with van der Waals surface area (Å²) in [6.45, 7) is 2.01. The first-order chi connectivity index (χ1) is 16.4. The summed E-state index contributed by atoms with van der Waals surface area (Å²) in [5.74, 6) is -0.689. The van der Waals surface area contributed by atoms with Gasteiger partial charge in [0.25, 0.3) is 0 Å². The van der Waals surface area contributed by atoms with E-state index < -0.39 is 12.0 Å². The van der Waals surface area contributed by atoms with Gasteiger partial charge in [-0.2, -0.15) is 0 Å². The molecule has 4 N–H and O–H groups in total. The zero-order valence-electron chi connectivity index (χ0n) is 19.4. The Labute approximate surface area is 199 Å². The molecule has 178 valence electrons. The van der Waals surface area contributed by atoms with Crippen molar-refractivity contribution in [2.75, 3.05) is 5.32 Å². The fraction of sp³-hybridized carbons (Fsp3) is 0.321. The van der Waals surface area contributed by atoms with E-state index in [1.807, 2.05) is 30.3 Å². The van der Waals surface area contributed by atoms with Crippen LogP contribution in [0.1, 0.15) is 55.3 Å². The van der Waals surface area contributed by atoms with E-state index in [1.165, 1.54) is 12.8 Å². The van der Waals surface area contributed by atoms with Crippen LogP contribution < -0.4 is 15.8 Å². The van der Waals surface area contributed by atoms with Gasteiger partial charge in [0.2, 0.25) is 0 Å². The maximum absolute atomic E-state index is 15.3. The molecular formula is C28H31FN2O3. The van der Waals surface area contributed by atoms with Crippen LogP contribution in [0.15, 0.2) is 60.7 Å². The van der Waals surface area contributed by atoms with Crippen LogP contribution in [-0.2, 0) is 17.8 Å². The summed E-state index contributed by atoms with van der Waals surface area (Å²) in [4.78, 5) is 11.2. The quantitative estimate of drug-likeness (QED) is 0.359. The van der Waals surface area contributed by atoms with Gasteiger partial charge in [-0.3, -0.25) is 4.79 Å². The molecule has 34 heavy (non-hydrogen) atoms. The van der Waals surface area contributed by atoms with E-state index in [-0.39, 0.29) is 18.8 Å². The second-order valence-electron chi connectivity index (χ2n) is 9.01. The largest absolute Gasteiger partial charge is 0.489 e. The normalized spacial score (nSPS) is 14.7. The molecular weight excluding hydrogens is 431 g/mol. The molecule has 1 atom stereocenters. The lowest BCUT2D eigenvalue weighted by Gasteiger charge is -2.18. The molecule has 0 amide bonds. The van der Waals surface area contributed by atoms with Crippen LogP contribution in [0.2, 0.25) is 0 Å². The second kappa shape index (κ2) is 10.7. The molecule has 0 radical (unpaired) electrons. The predicted octanol–water partition coefficient (Wildman–Crippen LogP) is 6.07. The van der Waals surface area contributed by atoms with E-state index in [0.717, 1.165) is 29.7 Å². The van der Waals surface area contributed by atoms with Crippen molar-refractivity contribution in [2.45, 2.75) is 57.7 Å². The molecule has 1 saturated carbocycles. The summed E-state index contributed by atoms with van der Waals surface area (Å²) in [6.07, 6.45) is 4.54. The lowest BCUT2D eigenvalue weighted by atomic mass is 9.97. The Balaban J connectivity index is 1.66. The smallest absolute Gasteiger partial charge is 0.307 e. The van der Waals surface area contributed by atoms with Crippen LogP contribution in [0, 0.1) is 5.82 Å². The maximum Gasteiger partial charge on any atom is 0.307 e. The average molecular weight is 463 g/mol. The van der Waals surface area contributed by atoms with Gasteiger partial charge in [-0.25, -0.2) is 4.39 Å². The summed E-state index contributed by atoms with van der Waals surface area (Å²) in [5.41, 5.74) is 10.1. The van der Waals surface area contributed by atoms with Crippen molar-refractivity contribution in [1.82, 2.24) is 0 Å². The Bertz CT molecular complexity index is 1160. The molecule has 5 nitrogen and oxygen atoms in total. The van der Waals surface area contributed by atoms with Gasteiger partial charge in [0.1, 0.15) is 18.2 Å². The zero-order valence-corrected chi connectivity index (χ0v) is 19.4. The average Bonchev–Trinajstić information content (AvgIpc) is 3.31. The molecule has 0 aliphatic heterocycles. The number of ether oxygens (including phenoxy) is 1. The molecule has 0 aromatic heterocycles. The fourth-order valence-corrected chi connectivity index (χ4v) is 4.56. The number of nitrogens with one attached hydrogen (secondary N) is 1. The molecule has 0 heterocycles. The molecule has 0 spiro atoms. The van der Waals surface area contributed by atoms with Crippen molar-refractivity contribution in [1.29, 1.82) is 0 Å². The minimum absolute atomic E-state index is 0.111. The van der Waals surface area contributed by atoms with E-state index in [1.54, 1.807) is 37.3 Å². The number of halogens is 1. The van der Waals surface area contributed by atoms with Crippen LogP contribution >= 0.6 is 0 Å². The summed E-state index contributed by atoms with van der Waals surface area (Å²) >= 11 is 0. The van der Waals surface area contributed by atoms with Crippen molar-refractivity contribution >= 4 is 11.7 Å². The lowest BCUT2D eigenvalue weighted by Crippen LogP contribution is -2.15. The van der Waals surface area contributed by atoms with E-state index >= 15 is 4.39 Å². The summed E-state index contributed by atoms with van der Waals surface area (Å²) in [7, 11) is 0. The number of rotatable bonds is 9. The van der Waals surface area contributed by atoms with Gasteiger partial charge in [-0.1, -0.05) is 49.2 Å². The molecule has 1 fully saturated rings. The highest BCUT2D eigenvalue weighted by molar-refractivity contribution is 5.72. The van der Waals surface area contributed by atoms with Crippen LogP contribution in [0.3, 0.4) is 0 Å². The number of benzene rings is 3. The fourth-order valence-electron chi connectivity index (χ4n) is 4.56. The Kier molecular flexibility index (Phi) is 7.48. The van der Waals surface area contributed by atoms with E-state index in [2.05, 4.69) is 5.32 Å². The third-order valence-electron chi connectivity index (χ3n) is 6.26. The minimum Gasteiger partial charge on any atom is -0.489 e. The Hall–Kier alpha value is -3.38. The van der Waals surface area contributed by atoms with Gasteiger partial charge in [-0.05, 0) is 55.2 Å². The molecule has 1 aliphatic rings. The number of hydrogen-bond donors (Lipinski definition) is 3. The second-order valence-corrected chi connectivity index (χ2v) is 9.01.